The van der Waals surface area contributed by atoms with Gasteiger partial charge in [-0.1, -0.05) is 6.42 Å². The topological polar surface area (TPSA) is 36.9 Å². The summed E-state index contributed by atoms with van der Waals surface area (Å²) in [5.74, 6) is -0.606. The molecule has 1 spiro atoms. The average Bonchev–Trinajstić information content (AvgIpc) is 2.13. The van der Waals surface area contributed by atoms with Crippen molar-refractivity contribution in [3.63, 3.8) is 0 Å². The Morgan fingerprint density at radius 1 is 1.00 bits per heavy atom. The highest BCUT2D eigenvalue weighted by molar-refractivity contribution is 4.73. The van der Waals surface area contributed by atoms with Gasteiger partial charge in [-0.2, -0.15) is 19.6 Å². The molecule has 1 heterocycles. The van der Waals surface area contributed by atoms with Gasteiger partial charge in [0.1, 0.15) is 0 Å². The molecule has 2 fully saturated rings. The van der Waals surface area contributed by atoms with Crippen LogP contribution in [0.25, 0.3) is 0 Å². The lowest BCUT2D eigenvalue weighted by atomic mass is 9.94. The summed E-state index contributed by atoms with van der Waals surface area (Å²) >= 11 is 0. The molecule has 0 atom stereocenters. The summed E-state index contributed by atoms with van der Waals surface area (Å²) in [5.41, 5.74) is 0. The molecule has 4 nitrogen and oxygen atoms in total. The SMILES string of the molecule is CC1OOC2(CCCCC2)OO1. The van der Waals surface area contributed by atoms with E-state index in [-0.39, 0.29) is 0 Å². The Hall–Kier alpha value is -0.160. The molecule has 0 aromatic heterocycles. The summed E-state index contributed by atoms with van der Waals surface area (Å²) in [6.45, 7) is 1.73. The van der Waals surface area contributed by atoms with Gasteiger partial charge in [0.2, 0.25) is 12.1 Å². The largest absolute Gasteiger partial charge is 0.234 e. The second kappa shape index (κ2) is 3.30. The number of hydrogen-bond acceptors (Lipinski definition) is 4. The summed E-state index contributed by atoms with van der Waals surface area (Å²) in [6, 6.07) is 0. The molecule has 0 radical (unpaired) electrons. The van der Waals surface area contributed by atoms with Gasteiger partial charge >= 0.3 is 0 Å². The summed E-state index contributed by atoms with van der Waals surface area (Å²) in [5, 5.41) is 0. The molecule has 2 rings (SSSR count). The quantitative estimate of drug-likeness (QED) is 0.525. The first-order valence-corrected chi connectivity index (χ1v) is 4.50. The van der Waals surface area contributed by atoms with E-state index < -0.39 is 12.1 Å². The van der Waals surface area contributed by atoms with Crippen LogP contribution in [0.5, 0.6) is 0 Å². The van der Waals surface area contributed by atoms with Crippen LogP contribution in [-0.4, -0.2) is 12.1 Å². The fourth-order valence-corrected chi connectivity index (χ4v) is 1.60. The van der Waals surface area contributed by atoms with Crippen molar-refractivity contribution < 1.29 is 19.6 Å². The van der Waals surface area contributed by atoms with Gasteiger partial charge in [0.05, 0.1) is 0 Å². The zero-order valence-electron chi connectivity index (χ0n) is 7.25. The molecule has 1 aliphatic heterocycles. The molecule has 0 unspecified atom stereocenters. The van der Waals surface area contributed by atoms with Crippen LogP contribution >= 0.6 is 0 Å². The molecule has 1 saturated carbocycles. The van der Waals surface area contributed by atoms with E-state index in [0.717, 1.165) is 25.7 Å². The molecule has 0 aromatic carbocycles. The van der Waals surface area contributed by atoms with E-state index in [4.69, 9.17) is 19.6 Å². The molecule has 0 amide bonds. The fraction of sp³-hybridized carbons (Fsp3) is 1.00. The van der Waals surface area contributed by atoms with Crippen LogP contribution in [0, 0.1) is 0 Å². The van der Waals surface area contributed by atoms with Crippen molar-refractivity contribution in [2.45, 2.75) is 51.1 Å². The molecule has 0 bridgehead atoms. The molecule has 4 heteroatoms. The Morgan fingerprint density at radius 2 is 1.58 bits per heavy atom. The van der Waals surface area contributed by atoms with Crippen molar-refractivity contribution in [2.24, 2.45) is 0 Å². The van der Waals surface area contributed by atoms with Crippen molar-refractivity contribution in [3.05, 3.63) is 0 Å². The maximum Gasteiger partial charge on any atom is 0.234 e. The minimum absolute atomic E-state index is 0.419. The van der Waals surface area contributed by atoms with Gasteiger partial charge in [-0.3, -0.25) is 0 Å². The van der Waals surface area contributed by atoms with E-state index in [9.17, 15) is 0 Å². The average molecular weight is 174 g/mol. The highest BCUT2D eigenvalue weighted by atomic mass is 17.4. The second-order valence-electron chi connectivity index (χ2n) is 3.40. The second-order valence-corrected chi connectivity index (χ2v) is 3.40. The van der Waals surface area contributed by atoms with E-state index >= 15 is 0 Å². The Morgan fingerprint density at radius 3 is 2.17 bits per heavy atom. The van der Waals surface area contributed by atoms with Gasteiger partial charge in [-0.25, -0.2) is 0 Å². The Bertz CT molecular complexity index is 143. The summed E-state index contributed by atoms with van der Waals surface area (Å²) in [7, 11) is 0. The predicted octanol–water partition coefficient (Wildman–Crippen LogP) is 1.90. The van der Waals surface area contributed by atoms with Crippen LogP contribution in [0.4, 0.5) is 0 Å². The summed E-state index contributed by atoms with van der Waals surface area (Å²) in [4.78, 5) is 20.2. The first-order chi connectivity index (χ1) is 5.81. The molecule has 12 heavy (non-hydrogen) atoms. The van der Waals surface area contributed by atoms with E-state index in [0.29, 0.717) is 0 Å². The molecule has 1 aliphatic carbocycles. The zero-order valence-corrected chi connectivity index (χ0v) is 7.25. The van der Waals surface area contributed by atoms with E-state index in [2.05, 4.69) is 0 Å². The monoisotopic (exact) mass is 174 g/mol. The minimum atomic E-state index is -0.606. The van der Waals surface area contributed by atoms with Crippen LogP contribution in [0.2, 0.25) is 0 Å². The van der Waals surface area contributed by atoms with Crippen molar-refractivity contribution in [1.29, 1.82) is 0 Å². The highest BCUT2D eigenvalue weighted by Crippen LogP contribution is 2.35. The smallest absolute Gasteiger partial charge is 0.199 e. The summed E-state index contributed by atoms with van der Waals surface area (Å²) < 4.78 is 0. The molecule has 2 aliphatic rings. The van der Waals surface area contributed by atoms with Crippen molar-refractivity contribution in [3.8, 4) is 0 Å². The number of hydrogen-bond donors (Lipinski definition) is 0. The van der Waals surface area contributed by atoms with Gasteiger partial charge in [0, 0.05) is 12.8 Å². The summed E-state index contributed by atoms with van der Waals surface area (Å²) in [6.07, 6.45) is 4.77. The van der Waals surface area contributed by atoms with E-state index in [1.807, 2.05) is 0 Å². The van der Waals surface area contributed by atoms with Crippen LogP contribution in [-0.2, 0) is 19.6 Å². The third kappa shape index (κ3) is 1.61. The molecule has 0 N–H and O–H groups in total. The zero-order chi connectivity index (χ0) is 8.44. The molecule has 1 saturated heterocycles. The Kier molecular flexibility index (Phi) is 2.32. The highest BCUT2D eigenvalue weighted by Gasteiger charge is 2.41. The van der Waals surface area contributed by atoms with Crippen molar-refractivity contribution >= 4 is 0 Å². The van der Waals surface area contributed by atoms with Crippen LogP contribution < -0.4 is 0 Å². The maximum absolute atomic E-state index is 5.17. The van der Waals surface area contributed by atoms with Gasteiger partial charge in [0.25, 0.3) is 0 Å². The lowest BCUT2D eigenvalue weighted by Gasteiger charge is -2.38. The third-order valence-electron chi connectivity index (χ3n) is 2.29. The predicted molar refractivity (Wildman–Crippen MR) is 39.6 cm³/mol. The first kappa shape index (κ1) is 8.44. The van der Waals surface area contributed by atoms with Crippen LogP contribution in [0.1, 0.15) is 39.0 Å². The first-order valence-electron chi connectivity index (χ1n) is 4.50. The van der Waals surface area contributed by atoms with Crippen molar-refractivity contribution in [1.82, 2.24) is 0 Å². The standard InChI is InChI=1S/C8H14O4/c1-7-9-11-8(12-10-7)5-3-2-4-6-8/h7H,2-6H2,1H3. The lowest BCUT2D eigenvalue weighted by Crippen LogP contribution is -2.44. The number of rotatable bonds is 0. The van der Waals surface area contributed by atoms with E-state index in [1.54, 1.807) is 6.92 Å². The van der Waals surface area contributed by atoms with Crippen LogP contribution in [0.3, 0.4) is 0 Å². The Labute approximate surface area is 71.6 Å². The molecule has 70 valence electrons. The normalized spacial score (nSPS) is 30.8. The molecule has 0 aromatic rings. The minimum Gasteiger partial charge on any atom is -0.199 e. The third-order valence-corrected chi connectivity index (χ3v) is 2.29. The molecular weight excluding hydrogens is 160 g/mol. The fourth-order valence-electron chi connectivity index (χ4n) is 1.60. The van der Waals surface area contributed by atoms with Gasteiger partial charge in [-0.05, 0) is 19.8 Å². The van der Waals surface area contributed by atoms with Gasteiger partial charge < -0.3 is 0 Å². The van der Waals surface area contributed by atoms with E-state index in [1.165, 1.54) is 6.42 Å². The Balaban J connectivity index is 1.92. The van der Waals surface area contributed by atoms with Crippen molar-refractivity contribution in [2.75, 3.05) is 0 Å². The maximum atomic E-state index is 5.17. The molecular formula is C8H14O4. The van der Waals surface area contributed by atoms with Gasteiger partial charge in [-0.15, -0.1) is 0 Å². The van der Waals surface area contributed by atoms with Crippen LogP contribution in [0.15, 0.2) is 0 Å². The lowest BCUT2D eigenvalue weighted by molar-refractivity contribution is -0.625. The van der Waals surface area contributed by atoms with Gasteiger partial charge in [0.15, 0.2) is 0 Å².